The molecule has 1 heterocycles. The van der Waals surface area contributed by atoms with Crippen molar-refractivity contribution in [1.82, 2.24) is 15.5 Å². The molecule has 0 saturated carbocycles. The summed E-state index contributed by atoms with van der Waals surface area (Å²) in [6, 6.07) is 0. The van der Waals surface area contributed by atoms with E-state index in [0.29, 0.717) is 5.82 Å². The first kappa shape index (κ1) is 8.00. The van der Waals surface area contributed by atoms with E-state index in [1.807, 2.05) is 0 Å². The van der Waals surface area contributed by atoms with Crippen LogP contribution in [-0.2, 0) is 11.3 Å². The molecular weight excluding hydrogens is 170 g/mol. The summed E-state index contributed by atoms with van der Waals surface area (Å²) in [5.74, 6) is 0.123. The zero-order chi connectivity index (χ0) is 8.10. The van der Waals surface area contributed by atoms with Gasteiger partial charge in [0.05, 0.1) is 6.54 Å². The normalized spacial score (nSPS) is 9.55. The summed E-state index contributed by atoms with van der Waals surface area (Å²) in [4.78, 5) is 14.3. The Morgan fingerprint density at radius 3 is 3.18 bits per heavy atom. The van der Waals surface area contributed by atoms with Crippen LogP contribution in [0.3, 0.4) is 0 Å². The van der Waals surface area contributed by atoms with Gasteiger partial charge >= 0.3 is 0 Å². The second-order valence-corrected chi connectivity index (χ2v) is 2.03. The molecule has 5 nitrogen and oxygen atoms in total. The highest BCUT2D eigenvalue weighted by atomic mass is 35.5. The van der Waals surface area contributed by atoms with Gasteiger partial charge in [0.25, 0.3) is 0 Å². The molecule has 0 saturated heterocycles. The molecule has 11 heavy (non-hydrogen) atoms. The van der Waals surface area contributed by atoms with Crippen molar-refractivity contribution in [3.63, 3.8) is 0 Å². The topological polar surface area (TPSA) is 68.0 Å². The van der Waals surface area contributed by atoms with E-state index in [1.165, 1.54) is 6.39 Å². The Morgan fingerprint density at radius 1 is 1.82 bits per heavy atom. The van der Waals surface area contributed by atoms with Gasteiger partial charge in [0.1, 0.15) is 5.88 Å². The third-order valence-corrected chi connectivity index (χ3v) is 1.21. The van der Waals surface area contributed by atoms with Gasteiger partial charge in [-0.15, -0.1) is 11.6 Å². The molecule has 0 unspecified atom stereocenters. The molecule has 0 aliphatic carbocycles. The largest absolute Gasteiger partial charge is 0.348 e. The van der Waals surface area contributed by atoms with Gasteiger partial charge in [0.15, 0.2) is 5.82 Å². The zero-order valence-electron chi connectivity index (χ0n) is 5.58. The Balaban J connectivity index is 2.29. The van der Waals surface area contributed by atoms with Gasteiger partial charge in [0, 0.05) is 0 Å². The van der Waals surface area contributed by atoms with Gasteiger partial charge in [-0.05, 0) is 0 Å². The summed E-state index contributed by atoms with van der Waals surface area (Å²) in [6.45, 7) is 0.252. The standard InChI is InChI=1S/C5H6ClN3O2/c6-1-5(10)7-2-4-8-3-11-9-4/h3H,1-2H2,(H,7,10). The molecule has 0 aliphatic heterocycles. The number of aromatic nitrogens is 2. The van der Waals surface area contributed by atoms with Crippen LogP contribution in [0.4, 0.5) is 0 Å². The van der Waals surface area contributed by atoms with Crippen LogP contribution in [-0.4, -0.2) is 21.9 Å². The minimum Gasteiger partial charge on any atom is -0.348 e. The quantitative estimate of drug-likeness (QED) is 0.653. The molecular formula is C5H6ClN3O2. The fourth-order valence-corrected chi connectivity index (χ4v) is 0.590. The van der Waals surface area contributed by atoms with Crippen molar-refractivity contribution in [2.45, 2.75) is 6.54 Å². The minimum atomic E-state index is -0.253. The molecule has 0 atom stereocenters. The van der Waals surface area contributed by atoms with Crippen LogP contribution in [0.15, 0.2) is 10.9 Å². The molecule has 1 amide bonds. The smallest absolute Gasteiger partial charge is 0.235 e. The van der Waals surface area contributed by atoms with Crippen molar-refractivity contribution in [2.75, 3.05) is 5.88 Å². The highest BCUT2D eigenvalue weighted by Gasteiger charge is 2.00. The second kappa shape index (κ2) is 3.92. The van der Waals surface area contributed by atoms with Gasteiger partial charge in [-0.1, -0.05) is 5.16 Å². The fourth-order valence-electron chi connectivity index (χ4n) is 0.495. The van der Waals surface area contributed by atoms with Crippen LogP contribution in [0.2, 0.25) is 0 Å². The van der Waals surface area contributed by atoms with Crippen LogP contribution < -0.4 is 5.32 Å². The van der Waals surface area contributed by atoms with Crippen molar-refractivity contribution in [3.05, 3.63) is 12.2 Å². The van der Waals surface area contributed by atoms with Gasteiger partial charge in [-0.3, -0.25) is 4.79 Å². The number of carbonyl (C=O) groups is 1. The molecule has 0 aromatic carbocycles. The van der Waals surface area contributed by atoms with Crippen molar-refractivity contribution in [2.24, 2.45) is 0 Å². The molecule has 6 heteroatoms. The first-order valence-corrected chi connectivity index (χ1v) is 3.44. The summed E-state index contributed by atoms with van der Waals surface area (Å²) in [5.41, 5.74) is 0. The molecule has 0 aliphatic rings. The Hall–Kier alpha value is -1.10. The molecule has 0 spiro atoms. The van der Waals surface area contributed by atoms with Gasteiger partial charge in [-0.25, -0.2) is 0 Å². The SMILES string of the molecule is O=C(CCl)NCc1ncon1. The third kappa shape index (κ3) is 2.55. The lowest BCUT2D eigenvalue weighted by atomic mass is 10.5. The van der Waals surface area contributed by atoms with Crippen LogP contribution in [0, 0.1) is 0 Å². The lowest BCUT2D eigenvalue weighted by Gasteiger charge is -1.95. The zero-order valence-corrected chi connectivity index (χ0v) is 6.34. The van der Waals surface area contributed by atoms with E-state index in [4.69, 9.17) is 11.6 Å². The average molecular weight is 176 g/mol. The number of nitrogens with zero attached hydrogens (tertiary/aromatic N) is 2. The predicted octanol–water partition coefficient (Wildman–Crippen LogP) is -0.0754. The highest BCUT2D eigenvalue weighted by molar-refractivity contribution is 6.27. The summed E-state index contributed by atoms with van der Waals surface area (Å²) in [7, 11) is 0. The molecule has 60 valence electrons. The summed E-state index contributed by atoms with van der Waals surface area (Å²) in [6.07, 6.45) is 1.20. The lowest BCUT2D eigenvalue weighted by Crippen LogP contribution is -2.24. The van der Waals surface area contributed by atoms with Crippen molar-refractivity contribution in [1.29, 1.82) is 0 Å². The summed E-state index contributed by atoms with van der Waals surface area (Å²) >= 11 is 5.22. The number of amides is 1. The monoisotopic (exact) mass is 175 g/mol. The van der Waals surface area contributed by atoms with E-state index in [1.54, 1.807) is 0 Å². The molecule has 1 N–H and O–H groups in total. The molecule has 1 aromatic heterocycles. The average Bonchev–Trinajstić information content (AvgIpc) is 2.52. The van der Waals surface area contributed by atoms with Crippen molar-refractivity contribution < 1.29 is 9.32 Å². The van der Waals surface area contributed by atoms with Crippen LogP contribution in [0.1, 0.15) is 5.82 Å². The number of carbonyl (C=O) groups excluding carboxylic acids is 1. The number of halogens is 1. The molecule has 1 aromatic rings. The van der Waals surface area contributed by atoms with Crippen LogP contribution in [0.25, 0.3) is 0 Å². The first-order valence-electron chi connectivity index (χ1n) is 2.91. The second-order valence-electron chi connectivity index (χ2n) is 1.76. The van der Waals surface area contributed by atoms with Crippen molar-refractivity contribution >= 4 is 17.5 Å². The Morgan fingerprint density at radius 2 is 2.64 bits per heavy atom. The number of nitrogens with one attached hydrogen (secondary N) is 1. The lowest BCUT2D eigenvalue weighted by molar-refractivity contribution is -0.118. The molecule has 0 bridgehead atoms. The summed E-state index contributed by atoms with van der Waals surface area (Å²) < 4.78 is 4.44. The fraction of sp³-hybridized carbons (Fsp3) is 0.400. The number of hydrogen-bond donors (Lipinski definition) is 1. The molecule has 0 radical (unpaired) electrons. The Labute approximate surface area is 67.7 Å². The molecule has 1 rings (SSSR count). The maximum atomic E-state index is 10.6. The van der Waals surface area contributed by atoms with E-state index in [2.05, 4.69) is 20.0 Å². The number of hydrogen-bond acceptors (Lipinski definition) is 4. The van der Waals surface area contributed by atoms with E-state index < -0.39 is 0 Å². The Bertz CT molecular complexity index is 224. The predicted molar refractivity (Wildman–Crippen MR) is 36.9 cm³/mol. The van der Waals surface area contributed by atoms with Crippen LogP contribution in [0.5, 0.6) is 0 Å². The Kier molecular flexibility index (Phi) is 2.85. The van der Waals surface area contributed by atoms with E-state index >= 15 is 0 Å². The molecule has 0 fully saturated rings. The van der Waals surface area contributed by atoms with E-state index in [0.717, 1.165) is 0 Å². The maximum absolute atomic E-state index is 10.6. The first-order chi connectivity index (χ1) is 5.33. The number of alkyl halides is 1. The van der Waals surface area contributed by atoms with Crippen molar-refractivity contribution in [3.8, 4) is 0 Å². The van der Waals surface area contributed by atoms with Gasteiger partial charge < -0.3 is 9.84 Å². The van der Waals surface area contributed by atoms with E-state index in [-0.39, 0.29) is 18.3 Å². The van der Waals surface area contributed by atoms with E-state index in [9.17, 15) is 4.79 Å². The minimum absolute atomic E-state index is 0.0577. The maximum Gasteiger partial charge on any atom is 0.235 e. The van der Waals surface area contributed by atoms with Gasteiger partial charge in [0.2, 0.25) is 12.3 Å². The summed E-state index contributed by atoms with van der Waals surface area (Å²) in [5, 5.41) is 5.96. The highest BCUT2D eigenvalue weighted by Crippen LogP contribution is 1.86. The van der Waals surface area contributed by atoms with Gasteiger partial charge in [-0.2, -0.15) is 4.98 Å². The third-order valence-electron chi connectivity index (χ3n) is 0.972. The number of rotatable bonds is 3. The van der Waals surface area contributed by atoms with Crippen LogP contribution >= 0.6 is 11.6 Å².